The van der Waals surface area contributed by atoms with Gasteiger partial charge in [-0.15, -0.1) is 0 Å². The Hall–Kier alpha value is -2.37. The SMILES string of the molecule is C=CCOC(=O)N[C@H](CC(=O)O)Cc1ccc(F)cc1. The summed E-state index contributed by atoms with van der Waals surface area (Å²) in [7, 11) is 0. The number of rotatable bonds is 7. The van der Waals surface area contributed by atoms with E-state index in [0.717, 1.165) is 5.56 Å². The van der Waals surface area contributed by atoms with Gasteiger partial charge in [0.2, 0.25) is 0 Å². The normalized spacial score (nSPS) is 11.4. The highest BCUT2D eigenvalue weighted by Gasteiger charge is 2.17. The van der Waals surface area contributed by atoms with Gasteiger partial charge in [-0.25, -0.2) is 9.18 Å². The zero-order valence-electron chi connectivity index (χ0n) is 10.8. The first-order valence-electron chi connectivity index (χ1n) is 6.01. The molecule has 1 amide bonds. The van der Waals surface area contributed by atoms with Crippen LogP contribution in [0.25, 0.3) is 0 Å². The first kappa shape index (κ1) is 15.7. The molecule has 6 heteroatoms. The summed E-state index contributed by atoms with van der Waals surface area (Å²) in [5.41, 5.74) is 0.724. The molecule has 0 aliphatic carbocycles. The molecule has 0 radical (unpaired) electrons. The molecule has 1 atom stereocenters. The number of carboxylic acid groups (broad SMARTS) is 1. The molecule has 0 aliphatic heterocycles. The van der Waals surface area contributed by atoms with Crippen molar-refractivity contribution in [2.45, 2.75) is 18.9 Å². The van der Waals surface area contributed by atoms with Crippen molar-refractivity contribution >= 4 is 12.1 Å². The fraction of sp³-hybridized carbons (Fsp3) is 0.286. The number of hydrogen-bond donors (Lipinski definition) is 2. The van der Waals surface area contributed by atoms with E-state index in [1.54, 1.807) is 12.1 Å². The van der Waals surface area contributed by atoms with Crippen LogP contribution in [0.3, 0.4) is 0 Å². The second-order valence-electron chi connectivity index (χ2n) is 4.16. The molecule has 1 aromatic rings. The fourth-order valence-electron chi connectivity index (χ4n) is 1.63. The molecule has 1 rings (SSSR count). The molecule has 0 fully saturated rings. The Bertz CT molecular complexity index is 473. The van der Waals surface area contributed by atoms with Gasteiger partial charge in [0.1, 0.15) is 12.4 Å². The summed E-state index contributed by atoms with van der Waals surface area (Å²) in [6, 6.07) is 5.02. The largest absolute Gasteiger partial charge is 0.481 e. The molecular weight excluding hydrogens is 265 g/mol. The summed E-state index contributed by atoms with van der Waals surface area (Å²) in [6.07, 6.45) is 0.723. The molecule has 2 N–H and O–H groups in total. The topological polar surface area (TPSA) is 75.6 Å². The number of halogens is 1. The van der Waals surface area contributed by atoms with Gasteiger partial charge >= 0.3 is 12.1 Å². The van der Waals surface area contributed by atoms with E-state index in [1.807, 2.05) is 0 Å². The number of alkyl carbamates (subject to hydrolysis) is 1. The summed E-state index contributed by atoms with van der Waals surface area (Å²) in [4.78, 5) is 22.2. The van der Waals surface area contributed by atoms with Crippen LogP contribution in [0, 0.1) is 5.82 Å². The maximum atomic E-state index is 12.8. The number of benzene rings is 1. The lowest BCUT2D eigenvalue weighted by Crippen LogP contribution is -2.38. The van der Waals surface area contributed by atoms with Crippen LogP contribution >= 0.6 is 0 Å². The second-order valence-corrected chi connectivity index (χ2v) is 4.16. The smallest absolute Gasteiger partial charge is 0.407 e. The lowest BCUT2D eigenvalue weighted by Gasteiger charge is -2.16. The monoisotopic (exact) mass is 281 g/mol. The van der Waals surface area contributed by atoms with Gasteiger partial charge < -0.3 is 15.2 Å². The number of carboxylic acids is 1. The molecule has 20 heavy (non-hydrogen) atoms. The molecule has 0 saturated carbocycles. The zero-order chi connectivity index (χ0) is 15.0. The van der Waals surface area contributed by atoms with Crippen LogP contribution in [0.2, 0.25) is 0 Å². The number of ether oxygens (including phenoxy) is 1. The number of carbonyl (C=O) groups is 2. The van der Waals surface area contributed by atoms with Gasteiger partial charge in [0.25, 0.3) is 0 Å². The van der Waals surface area contributed by atoms with Gasteiger partial charge in [-0.3, -0.25) is 4.79 Å². The molecule has 108 valence electrons. The second kappa shape index (κ2) is 7.93. The molecule has 0 heterocycles. The molecular formula is C14H16FNO4. The van der Waals surface area contributed by atoms with Crippen molar-refractivity contribution < 1.29 is 23.8 Å². The predicted molar refractivity (Wildman–Crippen MR) is 70.8 cm³/mol. The lowest BCUT2D eigenvalue weighted by molar-refractivity contribution is -0.137. The molecule has 0 aliphatic rings. The first-order chi connectivity index (χ1) is 9.51. The quantitative estimate of drug-likeness (QED) is 0.751. The number of amides is 1. The third kappa shape index (κ3) is 5.99. The van der Waals surface area contributed by atoms with Gasteiger partial charge in [-0.1, -0.05) is 24.8 Å². The fourth-order valence-corrected chi connectivity index (χ4v) is 1.63. The summed E-state index contributed by atoms with van der Waals surface area (Å²) < 4.78 is 17.5. The minimum absolute atomic E-state index is 0.0438. The van der Waals surface area contributed by atoms with Gasteiger partial charge in [-0.05, 0) is 24.1 Å². The third-order valence-electron chi connectivity index (χ3n) is 2.47. The standard InChI is InChI=1S/C14H16FNO4/c1-2-7-20-14(19)16-12(9-13(17)18)8-10-3-5-11(15)6-4-10/h2-6,12H,1,7-9H2,(H,16,19)(H,17,18)/t12-/m0/s1. The molecule has 5 nitrogen and oxygen atoms in total. The molecule has 0 aromatic heterocycles. The van der Waals surface area contributed by atoms with Crippen molar-refractivity contribution in [3.05, 3.63) is 48.3 Å². The Kier molecular flexibility index (Phi) is 6.22. The Morgan fingerprint density at radius 2 is 2.05 bits per heavy atom. The first-order valence-corrected chi connectivity index (χ1v) is 6.01. The van der Waals surface area contributed by atoms with E-state index in [9.17, 15) is 14.0 Å². The van der Waals surface area contributed by atoms with Crippen LogP contribution < -0.4 is 5.32 Å². The minimum Gasteiger partial charge on any atom is -0.481 e. The summed E-state index contributed by atoms with van der Waals surface area (Å²) in [5, 5.41) is 11.3. The van der Waals surface area contributed by atoms with Crippen molar-refractivity contribution in [3.8, 4) is 0 Å². The van der Waals surface area contributed by atoms with E-state index in [4.69, 9.17) is 9.84 Å². The van der Waals surface area contributed by atoms with E-state index in [0.29, 0.717) is 0 Å². The number of nitrogens with one attached hydrogen (secondary N) is 1. The molecule has 0 spiro atoms. The minimum atomic E-state index is -1.04. The highest BCUT2D eigenvalue weighted by atomic mass is 19.1. The molecule has 1 aromatic carbocycles. The van der Waals surface area contributed by atoms with Gasteiger partial charge in [0.15, 0.2) is 0 Å². The Morgan fingerprint density at radius 1 is 1.40 bits per heavy atom. The van der Waals surface area contributed by atoms with Crippen LogP contribution in [0.1, 0.15) is 12.0 Å². The van der Waals surface area contributed by atoms with Crippen molar-refractivity contribution in [1.82, 2.24) is 5.32 Å². The van der Waals surface area contributed by atoms with Crippen molar-refractivity contribution in [3.63, 3.8) is 0 Å². The number of hydrogen-bond acceptors (Lipinski definition) is 3. The van der Waals surface area contributed by atoms with Crippen LogP contribution in [0.5, 0.6) is 0 Å². The van der Waals surface area contributed by atoms with Gasteiger partial charge in [-0.2, -0.15) is 0 Å². The maximum absolute atomic E-state index is 12.8. The molecule has 0 saturated heterocycles. The third-order valence-corrected chi connectivity index (χ3v) is 2.47. The van der Waals surface area contributed by atoms with Crippen molar-refractivity contribution in [2.75, 3.05) is 6.61 Å². The van der Waals surface area contributed by atoms with Gasteiger partial charge in [0, 0.05) is 6.04 Å². The van der Waals surface area contributed by atoms with Crippen LogP contribution in [-0.4, -0.2) is 29.8 Å². The summed E-state index contributed by atoms with van der Waals surface area (Å²) in [5.74, 6) is -1.41. The van der Waals surface area contributed by atoms with Crippen molar-refractivity contribution in [1.29, 1.82) is 0 Å². The van der Waals surface area contributed by atoms with Crippen LogP contribution in [-0.2, 0) is 16.0 Å². The summed E-state index contributed by atoms with van der Waals surface area (Å²) >= 11 is 0. The van der Waals surface area contributed by atoms with E-state index in [1.165, 1.54) is 18.2 Å². The molecule has 0 unspecified atom stereocenters. The van der Waals surface area contributed by atoms with E-state index >= 15 is 0 Å². The lowest BCUT2D eigenvalue weighted by atomic mass is 10.0. The Morgan fingerprint density at radius 3 is 2.60 bits per heavy atom. The summed E-state index contributed by atoms with van der Waals surface area (Å²) in [6.45, 7) is 3.45. The highest BCUT2D eigenvalue weighted by Crippen LogP contribution is 2.08. The molecule has 0 bridgehead atoms. The average molecular weight is 281 g/mol. The average Bonchev–Trinajstić information content (AvgIpc) is 2.38. The zero-order valence-corrected chi connectivity index (χ0v) is 10.8. The Labute approximate surface area is 116 Å². The highest BCUT2D eigenvalue weighted by molar-refractivity contribution is 5.71. The van der Waals surface area contributed by atoms with E-state index in [2.05, 4.69) is 11.9 Å². The number of aliphatic carboxylic acids is 1. The van der Waals surface area contributed by atoms with E-state index in [-0.39, 0.29) is 25.3 Å². The number of carbonyl (C=O) groups excluding carboxylic acids is 1. The van der Waals surface area contributed by atoms with Crippen LogP contribution in [0.4, 0.5) is 9.18 Å². The van der Waals surface area contributed by atoms with Gasteiger partial charge in [0.05, 0.1) is 6.42 Å². The van der Waals surface area contributed by atoms with Crippen molar-refractivity contribution in [2.24, 2.45) is 0 Å². The Balaban J connectivity index is 2.63. The maximum Gasteiger partial charge on any atom is 0.407 e. The predicted octanol–water partition coefficient (Wildman–Crippen LogP) is 2.12. The van der Waals surface area contributed by atoms with Crippen LogP contribution in [0.15, 0.2) is 36.9 Å². The van der Waals surface area contributed by atoms with E-state index < -0.39 is 18.1 Å².